The van der Waals surface area contributed by atoms with Crippen LogP contribution < -0.4 is 11.1 Å². The van der Waals surface area contributed by atoms with Crippen molar-refractivity contribution in [3.8, 4) is 0 Å². The summed E-state index contributed by atoms with van der Waals surface area (Å²) < 4.78 is 0. The molecule has 0 unspecified atom stereocenters. The number of carbonyl (C=O) groups is 1. The second kappa shape index (κ2) is 3.18. The molecule has 0 saturated carbocycles. The van der Waals surface area contributed by atoms with Crippen LogP contribution in [0.3, 0.4) is 0 Å². The number of carbonyl (C=O) groups excluding carboxylic acids is 1. The molecule has 0 aliphatic carbocycles. The lowest BCUT2D eigenvalue weighted by atomic mass is 10.0. The number of fused-ring (bicyclic) bond motifs is 1. The zero-order chi connectivity index (χ0) is 9.26. The molecule has 1 aromatic rings. The number of hydrogen-bond acceptors (Lipinski definition) is 2. The number of rotatable bonds is 2. The summed E-state index contributed by atoms with van der Waals surface area (Å²) in [5.74, 6) is 0.0828. The highest BCUT2D eigenvalue weighted by atomic mass is 16.1. The first-order chi connectivity index (χ1) is 6.31. The van der Waals surface area contributed by atoms with Crippen LogP contribution in [0.1, 0.15) is 11.1 Å². The average molecular weight is 176 g/mol. The summed E-state index contributed by atoms with van der Waals surface area (Å²) in [6.07, 6.45) is 1.35. The normalized spacial score (nSPS) is 14.1. The van der Waals surface area contributed by atoms with E-state index >= 15 is 0 Å². The van der Waals surface area contributed by atoms with Gasteiger partial charge in [-0.3, -0.25) is 4.79 Å². The van der Waals surface area contributed by atoms with Gasteiger partial charge in [0.15, 0.2) is 0 Å². The second-order valence-electron chi connectivity index (χ2n) is 3.21. The predicted octanol–water partition coefficient (Wildman–Crippen LogP) is 0.682. The van der Waals surface area contributed by atoms with Gasteiger partial charge in [-0.15, -0.1) is 0 Å². The van der Waals surface area contributed by atoms with E-state index < -0.39 is 0 Å². The van der Waals surface area contributed by atoms with Gasteiger partial charge in [-0.2, -0.15) is 0 Å². The topological polar surface area (TPSA) is 55.1 Å². The van der Waals surface area contributed by atoms with Gasteiger partial charge in [0.25, 0.3) is 0 Å². The molecular formula is C10H12N2O. The van der Waals surface area contributed by atoms with Crippen LogP contribution in [0.15, 0.2) is 18.2 Å². The molecule has 1 amide bonds. The summed E-state index contributed by atoms with van der Waals surface area (Å²) in [5.41, 5.74) is 8.75. The average Bonchev–Trinajstić information content (AvgIpc) is 2.47. The Hall–Kier alpha value is -1.35. The molecule has 0 atom stereocenters. The Morgan fingerprint density at radius 3 is 3.08 bits per heavy atom. The van der Waals surface area contributed by atoms with E-state index in [9.17, 15) is 4.79 Å². The van der Waals surface area contributed by atoms with Gasteiger partial charge in [-0.25, -0.2) is 0 Å². The number of nitrogens with two attached hydrogens (primary N) is 1. The molecule has 1 heterocycles. The van der Waals surface area contributed by atoms with E-state index in [0.717, 1.165) is 17.7 Å². The van der Waals surface area contributed by atoms with Crippen LogP contribution >= 0.6 is 0 Å². The van der Waals surface area contributed by atoms with E-state index in [1.165, 1.54) is 5.56 Å². The van der Waals surface area contributed by atoms with Gasteiger partial charge < -0.3 is 11.1 Å². The van der Waals surface area contributed by atoms with E-state index in [0.29, 0.717) is 13.0 Å². The van der Waals surface area contributed by atoms with E-state index in [1.54, 1.807) is 0 Å². The molecule has 2 rings (SSSR count). The molecular weight excluding hydrogens is 164 g/mol. The molecule has 0 aromatic heterocycles. The van der Waals surface area contributed by atoms with Crippen molar-refractivity contribution in [3.05, 3.63) is 29.3 Å². The van der Waals surface area contributed by atoms with Gasteiger partial charge in [0, 0.05) is 5.69 Å². The molecule has 3 nitrogen and oxygen atoms in total. The fourth-order valence-corrected chi connectivity index (χ4v) is 1.71. The third-order valence-electron chi connectivity index (χ3n) is 2.30. The van der Waals surface area contributed by atoms with Crippen LogP contribution in [-0.2, 0) is 17.6 Å². The summed E-state index contributed by atoms with van der Waals surface area (Å²) in [6.45, 7) is 0.630. The first-order valence-corrected chi connectivity index (χ1v) is 4.42. The van der Waals surface area contributed by atoms with Crippen LogP contribution in [0.25, 0.3) is 0 Å². The van der Waals surface area contributed by atoms with Crippen molar-refractivity contribution in [2.45, 2.75) is 12.8 Å². The van der Waals surface area contributed by atoms with E-state index in [1.807, 2.05) is 18.2 Å². The maximum absolute atomic E-state index is 11.1. The highest BCUT2D eigenvalue weighted by molar-refractivity contribution is 5.99. The lowest BCUT2D eigenvalue weighted by Gasteiger charge is -2.04. The summed E-state index contributed by atoms with van der Waals surface area (Å²) in [4.78, 5) is 11.1. The van der Waals surface area contributed by atoms with Gasteiger partial charge in [0.1, 0.15) is 0 Å². The molecule has 0 radical (unpaired) electrons. The third-order valence-corrected chi connectivity index (χ3v) is 2.30. The number of anilines is 1. The highest BCUT2D eigenvalue weighted by Gasteiger charge is 2.19. The van der Waals surface area contributed by atoms with Gasteiger partial charge in [0.05, 0.1) is 6.42 Å². The maximum atomic E-state index is 11.1. The molecule has 1 aliphatic heterocycles. The van der Waals surface area contributed by atoms with Gasteiger partial charge in [-0.05, 0) is 30.2 Å². The lowest BCUT2D eigenvalue weighted by Crippen LogP contribution is -2.05. The Labute approximate surface area is 76.9 Å². The molecule has 1 aliphatic rings. The molecule has 3 N–H and O–H groups in total. The quantitative estimate of drug-likeness (QED) is 0.696. The minimum atomic E-state index is 0.0828. The Morgan fingerprint density at radius 2 is 2.31 bits per heavy atom. The predicted molar refractivity (Wildman–Crippen MR) is 51.5 cm³/mol. The van der Waals surface area contributed by atoms with Crippen LogP contribution in [-0.4, -0.2) is 12.5 Å². The van der Waals surface area contributed by atoms with E-state index in [-0.39, 0.29) is 5.91 Å². The van der Waals surface area contributed by atoms with E-state index in [2.05, 4.69) is 5.32 Å². The van der Waals surface area contributed by atoms with E-state index in [4.69, 9.17) is 5.73 Å². The summed E-state index contributed by atoms with van der Waals surface area (Å²) in [7, 11) is 0. The number of hydrogen-bond donors (Lipinski definition) is 2. The number of benzene rings is 1. The molecule has 68 valence electrons. The molecule has 0 fully saturated rings. The third kappa shape index (κ3) is 1.42. The fraction of sp³-hybridized carbons (Fsp3) is 0.300. The van der Waals surface area contributed by atoms with Crippen molar-refractivity contribution >= 4 is 11.6 Å². The Kier molecular flexibility index (Phi) is 2.02. The smallest absolute Gasteiger partial charge is 0.228 e. The first-order valence-electron chi connectivity index (χ1n) is 4.42. The zero-order valence-corrected chi connectivity index (χ0v) is 7.34. The summed E-state index contributed by atoms with van der Waals surface area (Å²) >= 11 is 0. The minimum Gasteiger partial charge on any atom is -0.330 e. The van der Waals surface area contributed by atoms with Crippen molar-refractivity contribution in [3.63, 3.8) is 0 Å². The van der Waals surface area contributed by atoms with Gasteiger partial charge in [-0.1, -0.05) is 12.1 Å². The SMILES string of the molecule is NCCc1cccc2c1CC(=O)N2. The van der Waals surface area contributed by atoms with Crippen molar-refractivity contribution < 1.29 is 4.79 Å². The Balaban J connectivity index is 2.39. The molecule has 0 bridgehead atoms. The van der Waals surface area contributed by atoms with Crippen LogP contribution in [0.2, 0.25) is 0 Å². The molecule has 3 heteroatoms. The minimum absolute atomic E-state index is 0.0828. The Bertz CT molecular complexity index is 347. The maximum Gasteiger partial charge on any atom is 0.228 e. The van der Waals surface area contributed by atoms with Crippen molar-refractivity contribution in [2.75, 3.05) is 11.9 Å². The van der Waals surface area contributed by atoms with Crippen molar-refractivity contribution in [1.29, 1.82) is 0 Å². The van der Waals surface area contributed by atoms with Crippen molar-refractivity contribution in [1.82, 2.24) is 0 Å². The fourth-order valence-electron chi connectivity index (χ4n) is 1.71. The summed E-state index contributed by atoms with van der Waals surface area (Å²) in [5, 5.41) is 2.82. The van der Waals surface area contributed by atoms with Crippen molar-refractivity contribution in [2.24, 2.45) is 5.73 Å². The number of nitrogens with one attached hydrogen (secondary N) is 1. The Morgan fingerprint density at radius 1 is 1.46 bits per heavy atom. The molecule has 13 heavy (non-hydrogen) atoms. The molecule has 0 saturated heterocycles. The molecule has 1 aromatic carbocycles. The lowest BCUT2D eigenvalue weighted by molar-refractivity contribution is -0.115. The van der Waals surface area contributed by atoms with Gasteiger partial charge >= 0.3 is 0 Å². The zero-order valence-electron chi connectivity index (χ0n) is 7.34. The summed E-state index contributed by atoms with van der Waals surface area (Å²) in [6, 6.07) is 5.92. The van der Waals surface area contributed by atoms with Gasteiger partial charge in [0.2, 0.25) is 5.91 Å². The van der Waals surface area contributed by atoms with Crippen LogP contribution in [0.4, 0.5) is 5.69 Å². The molecule has 0 spiro atoms. The standard InChI is InChI=1S/C10H12N2O/c11-5-4-7-2-1-3-9-8(7)6-10(13)12-9/h1-3H,4-6,11H2,(H,12,13). The first kappa shape index (κ1) is 8.26. The highest BCUT2D eigenvalue weighted by Crippen LogP contribution is 2.26. The van der Waals surface area contributed by atoms with Crippen LogP contribution in [0, 0.1) is 0 Å². The largest absolute Gasteiger partial charge is 0.330 e. The monoisotopic (exact) mass is 176 g/mol. The van der Waals surface area contributed by atoms with Crippen LogP contribution in [0.5, 0.6) is 0 Å². The number of amides is 1. The second-order valence-corrected chi connectivity index (χ2v) is 3.21.